The van der Waals surface area contributed by atoms with E-state index in [9.17, 15) is 18.3 Å². The third-order valence-corrected chi connectivity index (χ3v) is 5.81. The van der Waals surface area contributed by atoms with Gasteiger partial charge in [0, 0.05) is 25.3 Å². The zero-order chi connectivity index (χ0) is 16.6. The Morgan fingerprint density at radius 1 is 1.48 bits per heavy atom. The van der Waals surface area contributed by atoms with Crippen LogP contribution in [-0.4, -0.2) is 51.2 Å². The lowest BCUT2D eigenvalue weighted by molar-refractivity contribution is -0.120. The fourth-order valence-corrected chi connectivity index (χ4v) is 4.18. The molecule has 2 heterocycles. The lowest BCUT2D eigenvalue weighted by atomic mass is 10.1. The second-order valence-electron chi connectivity index (χ2n) is 5.88. The zero-order valence-electron chi connectivity index (χ0n) is 12.9. The second kappa shape index (κ2) is 6.20. The normalized spacial score (nSPS) is 24.0. The number of aliphatic hydroxyl groups excluding tert-OH is 1. The van der Waals surface area contributed by atoms with Gasteiger partial charge in [0.05, 0.1) is 17.0 Å². The molecule has 126 valence electrons. The van der Waals surface area contributed by atoms with Crippen molar-refractivity contribution >= 4 is 21.6 Å². The molecule has 0 aliphatic carbocycles. The number of nitrogens with one attached hydrogen (secondary N) is 2. The van der Waals surface area contributed by atoms with Crippen LogP contribution in [0.25, 0.3) is 0 Å². The molecular weight excluding hydrogens is 318 g/mol. The highest BCUT2D eigenvalue weighted by Crippen LogP contribution is 2.31. The largest absolute Gasteiger partial charge is 0.392 e. The summed E-state index contributed by atoms with van der Waals surface area (Å²) < 4.78 is 26.8. The van der Waals surface area contributed by atoms with E-state index in [4.69, 9.17) is 0 Å². The topological polar surface area (TPSA) is 98.7 Å². The number of β-amino-alcohol motifs (C(OH)–C–C–N with tert-alkyl or cyclic N) is 1. The minimum atomic E-state index is -3.55. The van der Waals surface area contributed by atoms with Crippen molar-refractivity contribution in [3.63, 3.8) is 0 Å². The summed E-state index contributed by atoms with van der Waals surface area (Å²) in [6, 6.07) is 4.49. The number of benzene rings is 1. The summed E-state index contributed by atoms with van der Waals surface area (Å²) in [5.41, 5.74) is 1.62. The van der Waals surface area contributed by atoms with Crippen LogP contribution < -0.4 is 14.9 Å². The van der Waals surface area contributed by atoms with Gasteiger partial charge in [-0.3, -0.25) is 4.79 Å². The van der Waals surface area contributed by atoms with Crippen molar-refractivity contribution in [1.82, 2.24) is 10.0 Å². The molecule has 2 unspecified atom stereocenters. The smallest absolute Gasteiger partial charge is 0.244 e. The van der Waals surface area contributed by atoms with Gasteiger partial charge >= 0.3 is 0 Å². The first-order valence-corrected chi connectivity index (χ1v) is 9.26. The number of rotatable bonds is 4. The lowest BCUT2D eigenvalue weighted by Gasteiger charge is -2.21. The number of amides is 1. The molecular formula is C15H21N3O4S. The Bertz CT molecular complexity index is 719. The maximum absolute atomic E-state index is 12.6. The van der Waals surface area contributed by atoms with E-state index in [-0.39, 0.29) is 10.8 Å². The molecule has 1 amide bonds. The van der Waals surface area contributed by atoms with Crippen molar-refractivity contribution in [3.05, 3.63) is 23.8 Å². The molecule has 2 atom stereocenters. The number of aliphatic hydroxyl groups is 1. The summed E-state index contributed by atoms with van der Waals surface area (Å²) in [7, 11) is -3.55. The van der Waals surface area contributed by atoms with E-state index in [1.165, 1.54) is 0 Å². The highest BCUT2D eigenvalue weighted by molar-refractivity contribution is 7.89. The van der Waals surface area contributed by atoms with Crippen molar-refractivity contribution in [2.75, 3.05) is 24.5 Å². The summed E-state index contributed by atoms with van der Waals surface area (Å²) >= 11 is 0. The Morgan fingerprint density at radius 2 is 2.26 bits per heavy atom. The van der Waals surface area contributed by atoms with Crippen molar-refractivity contribution in [1.29, 1.82) is 0 Å². The third kappa shape index (κ3) is 3.12. The van der Waals surface area contributed by atoms with Gasteiger partial charge in [-0.15, -0.1) is 0 Å². The lowest BCUT2D eigenvalue weighted by Crippen LogP contribution is -2.43. The van der Waals surface area contributed by atoms with E-state index in [1.54, 1.807) is 30.0 Å². The molecule has 7 nitrogen and oxygen atoms in total. The number of hydrogen-bond donors (Lipinski definition) is 3. The number of sulfonamides is 1. The van der Waals surface area contributed by atoms with Crippen LogP contribution in [0, 0.1) is 0 Å². The molecule has 0 aromatic heterocycles. The fourth-order valence-electron chi connectivity index (χ4n) is 3.12. The SMILES string of the molecule is CCNS(=O)(=O)c1ccc2c(c1)N(C(=O)C1CC(O)CN1)CC2. The van der Waals surface area contributed by atoms with Crippen molar-refractivity contribution in [2.45, 2.75) is 36.8 Å². The number of fused-ring (bicyclic) bond motifs is 1. The summed E-state index contributed by atoms with van der Waals surface area (Å²) in [5, 5.41) is 12.6. The molecule has 23 heavy (non-hydrogen) atoms. The number of hydrogen-bond acceptors (Lipinski definition) is 5. The Balaban J connectivity index is 1.88. The van der Waals surface area contributed by atoms with Crippen LogP contribution in [-0.2, 0) is 21.2 Å². The maximum Gasteiger partial charge on any atom is 0.244 e. The van der Waals surface area contributed by atoms with E-state index in [2.05, 4.69) is 10.0 Å². The van der Waals surface area contributed by atoms with Crippen LogP contribution in [0.15, 0.2) is 23.1 Å². The molecule has 0 saturated carbocycles. The van der Waals surface area contributed by atoms with Crippen LogP contribution in [0.1, 0.15) is 18.9 Å². The minimum Gasteiger partial charge on any atom is -0.392 e. The molecule has 0 spiro atoms. The first-order chi connectivity index (χ1) is 10.9. The van der Waals surface area contributed by atoms with Gasteiger partial charge in [0.25, 0.3) is 0 Å². The number of anilines is 1. The molecule has 1 aromatic carbocycles. The minimum absolute atomic E-state index is 0.113. The van der Waals surface area contributed by atoms with Gasteiger partial charge < -0.3 is 15.3 Å². The molecule has 3 rings (SSSR count). The zero-order valence-corrected chi connectivity index (χ0v) is 13.8. The maximum atomic E-state index is 12.6. The fraction of sp³-hybridized carbons (Fsp3) is 0.533. The second-order valence-corrected chi connectivity index (χ2v) is 7.65. The predicted octanol–water partition coefficient (Wildman–Crippen LogP) is -0.403. The molecule has 8 heteroatoms. The van der Waals surface area contributed by atoms with Crippen LogP contribution in [0.4, 0.5) is 5.69 Å². The van der Waals surface area contributed by atoms with Gasteiger partial charge in [-0.05, 0) is 30.5 Å². The van der Waals surface area contributed by atoms with E-state index in [0.29, 0.717) is 38.2 Å². The molecule has 2 aliphatic rings. The average molecular weight is 339 g/mol. The molecule has 1 aromatic rings. The third-order valence-electron chi connectivity index (χ3n) is 4.27. The molecule has 2 aliphatic heterocycles. The molecule has 1 saturated heterocycles. The predicted molar refractivity (Wildman–Crippen MR) is 85.8 cm³/mol. The van der Waals surface area contributed by atoms with Gasteiger partial charge in [-0.1, -0.05) is 13.0 Å². The van der Waals surface area contributed by atoms with Gasteiger partial charge in [-0.25, -0.2) is 13.1 Å². The Morgan fingerprint density at radius 3 is 2.91 bits per heavy atom. The van der Waals surface area contributed by atoms with E-state index in [0.717, 1.165) is 5.56 Å². The van der Waals surface area contributed by atoms with Crippen LogP contribution >= 0.6 is 0 Å². The number of carbonyl (C=O) groups excluding carboxylic acids is 1. The van der Waals surface area contributed by atoms with Crippen molar-refractivity contribution in [2.24, 2.45) is 0 Å². The quantitative estimate of drug-likeness (QED) is 0.693. The van der Waals surface area contributed by atoms with Crippen molar-refractivity contribution in [3.8, 4) is 0 Å². The van der Waals surface area contributed by atoms with Gasteiger partial charge in [-0.2, -0.15) is 0 Å². The monoisotopic (exact) mass is 339 g/mol. The van der Waals surface area contributed by atoms with Crippen LogP contribution in [0.5, 0.6) is 0 Å². The highest BCUT2D eigenvalue weighted by Gasteiger charge is 2.35. The Labute approximate surface area is 135 Å². The Hall–Kier alpha value is -1.48. The number of carbonyl (C=O) groups is 1. The molecule has 0 radical (unpaired) electrons. The van der Waals surface area contributed by atoms with Gasteiger partial charge in [0.15, 0.2) is 0 Å². The summed E-state index contributed by atoms with van der Waals surface area (Å²) in [4.78, 5) is 14.4. The van der Waals surface area contributed by atoms with E-state index < -0.39 is 22.2 Å². The molecule has 0 bridgehead atoms. The van der Waals surface area contributed by atoms with Crippen molar-refractivity contribution < 1.29 is 18.3 Å². The highest BCUT2D eigenvalue weighted by atomic mass is 32.2. The average Bonchev–Trinajstić information content (AvgIpc) is 3.12. The molecule has 3 N–H and O–H groups in total. The van der Waals surface area contributed by atoms with E-state index >= 15 is 0 Å². The van der Waals surface area contributed by atoms with Crippen LogP contribution in [0.2, 0.25) is 0 Å². The van der Waals surface area contributed by atoms with E-state index in [1.807, 2.05) is 0 Å². The number of nitrogens with zero attached hydrogens (tertiary/aromatic N) is 1. The summed E-state index contributed by atoms with van der Waals surface area (Å²) in [6.45, 7) is 2.98. The standard InChI is InChI=1S/C15H21N3O4S/c1-2-17-23(21,22)12-4-3-10-5-6-18(14(10)8-12)15(20)13-7-11(19)9-16-13/h3-4,8,11,13,16-17,19H,2,5-7,9H2,1H3. The molecule has 1 fully saturated rings. The Kier molecular flexibility index (Phi) is 4.41. The van der Waals surface area contributed by atoms with Crippen LogP contribution in [0.3, 0.4) is 0 Å². The van der Waals surface area contributed by atoms with Gasteiger partial charge in [0.1, 0.15) is 0 Å². The first kappa shape index (κ1) is 16.4. The summed E-state index contributed by atoms with van der Waals surface area (Å²) in [5.74, 6) is -0.113. The van der Waals surface area contributed by atoms with Gasteiger partial charge in [0.2, 0.25) is 15.9 Å². The first-order valence-electron chi connectivity index (χ1n) is 7.78. The summed E-state index contributed by atoms with van der Waals surface area (Å²) in [6.07, 6.45) is 0.587.